The van der Waals surface area contributed by atoms with Crippen molar-refractivity contribution in [3.63, 3.8) is 0 Å². The lowest BCUT2D eigenvalue weighted by atomic mass is 10.0. The van der Waals surface area contributed by atoms with Gasteiger partial charge in [0, 0.05) is 31.0 Å². The number of nitrogens with zero attached hydrogens (tertiary/aromatic N) is 3. The molecule has 0 bridgehead atoms. The van der Waals surface area contributed by atoms with Gasteiger partial charge < -0.3 is 20.7 Å². The SMILES string of the molecule is CCNC(=NCc1ccccc1Cn1cccn1)NCCOc1ccc2c(c1)CCC(=O)N2. The lowest BCUT2D eigenvalue weighted by Crippen LogP contribution is -2.39. The van der Waals surface area contributed by atoms with E-state index in [9.17, 15) is 4.79 Å². The summed E-state index contributed by atoms with van der Waals surface area (Å²) in [6, 6.07) is 16.0. The molecule has 0 saturated carbocycles. The lowest BCUT2D eigenvalue weighted by Gasteiger charge is -2.18. The molecule has 1 aromatic heterocycles. The first-order valence-electron chi connectivity index (χ1n) is 11.3. The van der Waals surface area contributed by atoms with Crippen LogP contribution in [0.5, 0.6) is 5.75 Å². The fourth-order valence-corrected chi connectivity index (χ4v) is 3.73. The molecule has 8 nitrogen and oxygen atoms in total. The average molecular weight is 447 g/mol. The molecular weight excluding hydrogens is 416 g/mol. The van der Waals surface area contributed by atoms with Crippen LogP contribution in [-0.4, -0.2) is 41.3 Å². The average Bonchev–Trinajstić information content (AvgIpc) is 3.34. The second kappa shape index (κ2) is 11.2. The zero-order valence-corrected chi connectivity index (χ0v) is 18.9. The summed E-state index contributed by atoms with van der Waals surface area (Å²) in [5.74, 6) is 1.63. The number of fused-ring (bicyclic) bond motifs is 1. The third kappa shape index (κ3) is 6.35. The molecule has 0 saturated heterocycles. The highest BCUT2D eigenvalue weighted by Gasteiger charge is 2.15. The Bertz CT molecular complexity index is 1090. The molecule has 33 heavy (non-hydrogen) atoms. The normalized spacial score (nSPS) is 13.2. The molecule has 0 fully saturated rings. The van der Waals surface area contributed by atoms with Crippen molar-refractivity contribution < 1.29 is 9.53 Å². The van der Waals surface area contributed by atoms with Crippen LogP contribution in [0.15, 0.2) is 65.9 Å². The second-order valence-corrected chi connectivity index (χ2v) is 7.81. The van der Waals surface area contributed by atoms with E-state index in [0.29, 0.717) is 26.1 Å². The van der Waals surface area contributed by atoms with Gasteiger partial charge in [0.05, 0.1) is 19.6 Å². The van der Waals surface area contributed by atoms with Gasteiger partial charge in [-0.3, -0.25) is 9.48 Å². The van der Waals surface area contributed by atoms with Gasteiger partial charge in [0.15, 0.2) is 5.96 Å². The molecule has 0 atom stereocenters. The predicted octanol–water partition coefficient (Wildman–Crippen LogP) is 2.95. The monoisotopic (exact) mass is 446 g/mol. The van der Waals surface area contributed by atoms with Crippen molar-refractivity contribution in [2.75, 3.05) is 25.0 Å². The van der Waals surface area contributed by atoms with E-state index in [2.05, 4.69) is 33.2 Å². The Morgan fingerprint density at radius 3 is 2.85 bits per heavy atom. The number of carbonyl (C=O) groups is 1. The predicted molar refractivity (Wildman–Crippen MR) is 129 cm³/mol. The molecule has 3 N–H and O–H groups in total. The Morgan fingerprint density at radius 2 is 2.03 bits per heavy atom. The summed E-state index contributed by atoms with van der Waals surface area (Å²) in [6.07, 6.45) is 5.02. The fraction of sp³-hybridized carbons (Fsp3) is 0.320. The van der Waals surface area contributed by atoms with Crippen molar-refractivity contribution in [2.45, 2.75) is 32.9 Å². The van der Waals surface area contributed by atoms with Gasteiger partial charge in [-0.05, 0) is 54.3 Å². The van der Waals surface area contributed by atoms with E-state index in [4.69, 9.17) is 9.73 Å². The van der Waals surface area contributed by atoms with Crippen LogP contribution in [0.1, 0.15) is 30.0 Å². The van der Waals surface area contributed by atoms with E-state index in [-0.39, 0.29) is 5.91 Å². The third-order valence-electron chi connectivity index (χ3n) is 5.40. The number of anilines is 1. The van der Waals surface area contributed by atoms with Crippen LogP contribution in [0.2, 0.25) is 0 Å². The lowest BCUT2D eigenvalue weighted by molar-refractivity contribution is -0.116. The molecule has 172 valence electrons. The Morgan fingerprint density at radius 1 is 1.15 bits per heavy atom. The van der Waals surface area contributed by atoms with Gasteiger partial charge in [-0.15, -0.1) is 0 Å². The van der Waals surface area contributed by atoms with Crippen molar-refractivity contribution in [1.82, 2.24) is 20.4 Å². The number of benzene rings is 2. The summed E-state index contributed by atoms with van der Waals surface area (Å²) < 4.78 is 7.82. The molecule has 0 unspecified atom stereocenters. The van der Waals surface area contributed by atoms with E-state index in [1.54, 1.807) is 6.20 Å². The van der Waals surface area contributed by atoms with E-state index in [1.165, 1.54) is 11.1 Å². The van der Waals surface area contributed by atoms with Crippen LogP contribution in [-0.2, 0) is 24.3 Å². The van der Waals surface area contributed by atoms with Gasteiger partial charge in [-0.2, -0.15) is 5.10 Å². The van der Waals surface area contributed by atoms with E-state index >= 15 is 0 Å². The van der Waals surface area contributed by atoms with Gasteiger partial charge >= 0.3 is 0 Å². The molecule has 1 aliphatic rings. The number of carbonyl (C=O) groups excluding carboxylic acids is 1. The van der Waals surface area contributed by atoms with E-state index < -0.39 is 0 Å². The van der Waals surface area contributed by atoms with Crippen LogP contribution in [0.4, 0.5) is 5.69 Å². The summed E-state index contributed by atoms with van der Waals surface area (Å²) in [5, 5.41) is 13.8. The molecular formula is C25H30N6O2. The summed E-state index contributed by atoms with van der Waals surface area (Å²) in [6.45, 7) is 5.24. The Balaban J connectivity index is 1.30. The van der Waals surface area contributed by atoms with Crippen molar-refractivity contribution in [3.8, 4) is 5.75 Å². The molecule has 0 radical (unpaired) electrons. The van der Waals surface area contributed by atoms with Crippen LogP contribution < -0.4 is 20.7 Å². The zero-order valence-electron chi connectivity index (χ0n) is 18.9. The van der Waals surface area contributed by atoms with Crippen molar-refractivity contribution >= 4 is 17.6 Å². The van der Waals surface area contributed by atoms with Crippen LogP contribution >= 0.6 is 0 Å². The van der Waals surface area contributed by atoms with E-state index in [1.807, 2.05) is 54.2 Å². The maximum atomic E-state index is 11.5. The first-order chi connectivity index (χ1) is 16.2. The number of ether oxygens (including phenoxy) is 1. The molecule has 0 spiro atoms. The highest BCUT2D eigenvalue weighted by molar-refractivity contribution is 5.94. The number of rotatable bonds is 9. The minimum atomic E-state index is 0.0691. The number of guanidine groups is 1. The van der Waals surface area contributed by atoms with Gasteiger partial charge in [-0.1, -0.05) is 24.3 Å². The maximum Gasteiger partial charge on any atom is 0.224 e. The second-order valence-electron chi connectivity index (χ2n) is 7.81. The number of amides is 1. The standard InChI is InChI=1S/C25H30N6O2/c1-2-26-25(28-17-20-6-3-4-7-21(20)18-31-14-5-12-29-31)27-13-15-33-22-9-10-23-19(16-22)8-11-24(32)30-23/h3-7,9-10,12,14,16H,2,8,11,13,15,17-18H2,1H3,(H,30,32)(H2,26,27,28). The maximum absolute atomic E-state index is 11.5. The van der Waals surface area contributed by atoms with Crippen molar-refractivity contribution in [2.24, 2.45) is 4.99 Å². The number of aromatic nitrogens is 2. The van der Waals surface area contributed by atoms with Gasteiger partial charge in [0.2, 0.25) is 5.91 Å². The fourth-order valence-electron chi connectivity index (χ4n) is 3.73. The zero-order chi connectivity index (χ0) is 22.9. The first-order valence-corrected chi connectivity index (χ1v) is 11.3. The smallest absolute Gasteiger partial charge is 0.224 e. The van der Waals surface area contributed by atoms with Gasteiger partial charge in [0.25, 0.3) is 0 Å². The van der Waals surface area contributed by atoms with Gasteiger partial charge in [0.1, 0.15) is 12.4 Å². The van der Waals surface area contributed by atoms with Crippen molar-refractivity contribution in [1.29, 1.82) is 0 Å². The number of aliphatic imine (C=N–C) groups is 1. The highest BCUT2D eigenvalue weighted by Crippen LogP contribution is 2.26. The minimum absolute atomic E-state index is 0.0691. The highest BCUT2D eigenvalue weighted by atomic mass is 16.5. The molecule has 1 amide bonds. The first kappa shape index (κ1) is 22.4. The number of hydrogen-bond donors (Lipinski definition) is 3. The summed E-state index contributed by atoms with van der Waals surface area (Å²) in [4.78, 5) is 16.3. The Hall–Kier alpha value is -3.81. The molecule has 3 aromatic rings. The number of nitrogens with one attached hydrogen (secondary N) is 3. The number of aryl methyl sites for hydroxylation is 1. The van der Waals surface area contributed by atoms with E-state index in [0.717, 1.165) is 42.5 Å². The van der Waals surface area contributed by atoms with Crippen LogP contribution in [0.3, 0.4) is 0 Å². The largest absolute Gasteiger partial charge is 0.492 e. The quantitative estimate of drug-likeness (QED) is 0.267. The molecule has 2 heterocycles. The minimum Gasteiger partial charge on any atom is -0.492 e. The molecule has 4 rings (SSSR count). The summed E-state index contributed by atoms with van der Waals surface area (Å²) in [7, 11) is 0. The molecule has 1 aliphatic heterocycles. The number of hydrogen-bond acceptors (Lipinski definition) is 4. The Kier molecular flexibility index (Phi) is 7.58. The Labute approximate surface area is 194 Å². The van der Waals surface area contributed by atoms with Gasteiger partial charge in [-0.25, -0.2) is 4.99 Å². The van der Waals surface area contributed by atoms with Crippen LogP contribution in [0, 0.1) is 0 Å². The molecule has 2 aromatic carbocycles. The summed E-state index contributed by atoms with van der Waals surface area (Å²) >= 11 is 0. The molecule has 8 heteroatoms. The topological polar surface area (TPSA) is 92.6 Å². The summed E-state index contributed by atoms with van der Waals surface area (Å²) in [5.41, 5.74) is 4.37. The third-order valence-corrected chi connectivity index (χ3v) is 5.40. The van der Waals surface area contributed by atoms with Crippen LogP contribution in [0.25, 0.3) is 0 Å². The molecule has 0 aliphatic carbocycles. The van der Waals surface area contributed by atoms with Crippen molar-refractivity contribution in [3.05, 3.63) is 77.6 Å².